The van der Waals surface area contributed by atoms with Crippen LogP contribution in [0.4, 0.5) is 5.69 Å². The Morgan fingerprint density at radius 3 is 2.71 bits per heavy atom. The summed E-state index contributed by atoms with van der Waals surface area (Å²) >= 11 is 12.8. The minimum atomic E-state index is 0.659. The molecule has 0 atom stereocenters. The molecular formula is C12H9Br2ClN2. The van der Waals surface area contributed by atoms with Crippen molar-refractivity contribution in [2.75, 3.05) is 5.32 Å². The van der Waals surface area contributed by atoms with Crippen molar-refractivity contribution in [1.82, 2.24) is 4.98 Å². The van der Waals surface area contributed by atoms with Gasteiger partial charge in [-0.15, -0.1) is 0 Å². The molecule has 17 heavy (non-hydrogen) atoms. The van der Waals surface area contributed by atoms with Crippen LogP contribution < -0.4 is 5.32 Å². The molecule has 0 bridgehead atoms. The van der Waals surface area contributed by atoms with Crippen LogP contribution in [-0.4, -0.2) is 4.98 Å². The third-order valence-corrected chi connectivity index (χ3v) is 3.57. The number of nitrogens with zero attached hydrogens (tertiary/aromatic N) is 1. The van der Waals surface area contributed by atoms with E-state index in [1.807, 2.05) is 30.3 Å². The van der Waals surface area contributed by atoms with Gasteiger partial charge in [0, 0.05) is 20.2 Å². The first-order valence-electron chi connectivity index (χ1n) is 4.94. The summed E-state index contributed by atoms with van der Waals surface area (Å²) in [6.07, 6.45) is 1.78. The van der Waals surface area contributed by atoms with E-state index < -0.39 is 0 Å². The Kier molecular flexibility index (Phi) is 4.42. The van der Waals surface area contributed by atoms with E-state index in [9.17, 15) is 0 Å². The van der Waals surface area contributed by atoms with Crippen molar-refractivity contribution in [3.8, 4) is 0 Å². The van der Waals surface area contributed by atoms with E-state index in [0.29, 0.717) is 11.6 Å². The van der Waals surface area contributed by atoms with Crippen LogP contribution in [0.1, 0.15) is 5.69 Å². The van der Waals surface area contributed by atoms with Crippen molar-refractivity contribution >= 4 is 49.1 Å². The SMILES string of the molecule is Clc1ccc(Br)c(NCc2ccc(Br)cn2)c1. The van der Waals surface area contributed by atoms with Crippen molar-refractivity contribution < 1.29 is 0 Å². The van der Waals surface area contributed by atoms with Gasteiger partial charge in [0.15, 0.2) is 0 Å². The Labute approximate surface area is 122 Å². The average Bonchev–Trinajstić information content (AvgIpc) is 2.32. The molecule has 0 fully saturated rings. The summed E-state index contributed by atoms with van der Waals surface area (Å²) in [5.74, 6) is 0. The number of halogens is 3. The lowest BCUT2D eigenvalue weighted by Crippen LogP contribution is -2.01. The predicted octanol–water partition coefficient (Wildman–Crippen LogP) is 4.87. The molecule has 5 heteroatoms. The maximum atomic E-state index is 5.94. The van der Waals surface area contributed by atoms with Gasteiger partial charge in [0.1, 0.15) is 0 Å². The van der Waals surface area contributed by atoms with Gasteiger partial charge in [-0.25, -0.2) is 0 Å². The fraction of sp³-hybridized carbons (Fsp3) is 0.0833. The van der Waals surface area contributed by atoms with Gasteiger partial charge in [-0.1, -0.05) is 11.6 Å². The van der Waals surface area contributed by atoms with Gasteiger partial charge in [-0.2, -0.15) is 0 Å². The van der Waals surface area contributed by atoms with Crippen LogP contribution in [0.3, 0.4) is 0 Å². The van der Waals surface area contributed by atoms with Crippen molar-refractivity contribution in [2.24, 2.45) is 0 Å². The molecule has 0 saturated carbocycles. The molecule has 0 radical (unpaired) electrons. The molecule has 2 aromatic rings. The fourth-order valence-corrected chi connectivity index (χ4v) is 2.12. The zero-order valence-corrected chi connectivity index (χ0v) is 12.7. The van der Waals surface area contributed by atoms with Crippen molar-refractivity contribution in [3.05, 3.63) is 56.2 Å². The maximum absolute atomic E-state index is 5.94. The molecule has 0 aliphatic heterocycles. The molecule has 0 aliphatic carbocycles. The van der Waals surface area contributed by atoms with Gasteiger partial charge in [0.05, 0.1) is 17.9 Å². The lowest BCUT2D eigenvalue weighted by molar-refractivity contribution is 1.04. The number of hydrogen-bond acceptors (Lipinski definition) is 2. The Hall–Kier alpha value is -0.580. The summed E-state index contributed by atoms with van der Waals surface area (Å²) in [6, 6.07) is 9.57. The number of rotatable bonds is 3. The molecule has 88 valence electrons. The Morgan fingerprint density at radius 2 is 2.00 bits per heavy atom. The van der Waals surface area contributed by atoms with E-state index >= 15 is 0 Å². The van der Waals surface area contributed by atoms with Crippen molar-refractivity contribution in [1.29, 1.82) is 0 Å². The lowest BCUT2D eigenvalue weighted by atomic mass is 10.3. The van der Waals surface area contributed by atoms with Crippen molar-refractivity contribution in [2.45, 2.75) is 6.54 Å². The highest BCUT2D eigenvalue weighted by Crippen LogP contribution is 2.26. The minimum absolute atomic E-state index is 0.659. The first kappa shape index (κ1) is 12.9. The summed E-state index contributed by atoms with van der Waals surface area (Å²) in [6.45, 7) is 0.659. The highest BCUT2D eigenvalue weighted by Gasteiger charge is 2.01. The topological polar surface area (TPSA) is 24.9 Å². The second-order valence-corrected chi connectivity index (χ2v) is 5.65. The first-order valence-corrected chi connectivity index (χ1v) is 6.91. The normalized spacial score (nSPS) is 10.3. The molecule has 2 nitrogen and oxygen atoms in total. The highest BCUT2D eigenvalue weighted by atomic mass is 79.9. The summed E-state index contributed by atoms with van der Waals surface area (Å²) in [4.78, 5) is 4.29. The average molecular weight is 376 g/mol. The number of anilines is 1. The molecule has 0 unspecified atom stereocenters. The van der Waals surface area contributed by atoms with Crippen LogP contribution in [0.2, 0.25) is 5.02 Å². The van der Waals surface area contributed by atoms with E-state index in [1.165, 1.54) is 0 Å². The second kappa shape index (κ2) is 5.85. The summed E-state index contributed by atoms with van der Waals surface area (Å²) in [5, 5.41) is 3.99. The molecule has 0 aliphatic rings. The monoisotopic (exact) mass is 374 g/mol. The largest absolute Gasteiger partial charge is 0.378 e. The summed E-state index contributed by atoms with van der Waals surface area (Å²) in [5.41, 5.74) is 1.93. The van der Waals surface area contributed by atoms with Crippen LogP contribution in [-0.2, 0) is 6.54 Å². The zero-order valence-electron chi connectivity index (χ0n) is 8.75. The van der Waals surface area contributed by atoms with Gasteiger partial charge >= 0.3 is 0 Å². The maximum Gasteiger partial charge on any atom is 0.0595 e. The molecule has 0 saturated heterocycles. The number of aromatic nitrogens is 1. The summed E-state index contributed by atoms with van der Waals surface area (Å²) in [7, 11) is 0. The Bertz CT molecular complexity index is 514. The summed E-state index contributed by atoms with van der Waals surface area (Å²) < 4.78 is 1.96. The van der Waals surface area contributed by atoms with E-state index in [4.69, 9.17) is 11.6 Å². The van der Waals surface area contributed by atoms with Gasteiger partial charge < -0.3 is 5.32 Å². The van der Waals surface area contributed by atoms with Crippen molar-refractivity contribution in [3.63, 3.8) is 0 Å². The quantitative estimate of drug-likeness (QED) is 0.826. The predicted molar refractivity (Wildman–Crippen MR) is 78.4 cm³/mol. The second-order valence-electron chi connectivity index (χ2n) is 3.45. The highest BCUT2D eigenvalue weighted by molar-refractivity contribution is 9.10. The first-order chi connectivity index (χ1) is 8.15. The number of benzene rings is 1. The molecule has 0 spiro atoms. The van der Waals surface area contributed by atoms with Gasteiger partial charge in [0.2, 0.25) is 0 Å². The molecule has 2 rings (SSSR count). The molecule has 1 aromatic carbocycles. The molecule has 1 heterocycles. The van der Waals surface area contributed by atoms with Gasteiger partial charge in [0.25, 0.3) is 0 Å². The van der Waals surface area contributed by atoms with E-state index in [-0.39, 0.29) is 0 Å². The molecule has 0 amide bonds. The van der Waals surface area contributed by atoms with E-state index in [2.05, 4.69) is 42.2 Å². The molecule has 1 aromatic heterocycles. The number of nitrogens with one attached hydrogen (secondary N) is 1. The van der Waals surface area contributed by atoms with Crippen LogP contribution in [0.25, 0.3) is 0 Å². The smallest absolute Gasteiger partial charge is 0.0595 e. The van der Waals surface area contributed by atoms with Gasteiger partial charge in [-0.3, -0.25) is 4.98 Å². The molecule has 1 N–H and O–H groups in total. The Morgan fingerprint density at radius 1 is 1.18 bits per heavy atom. The van der Waals surface area contributed by atoms with Crippen LogP contribution in [0.15, 0.2) is 45.5 Å². The van der Waals surface area contributed by atoms with Gasteiger partial charge in [-0.05, 0) is 62.2 Å². The Balaban J connectivity index is 2.07. The molecular weight excluding hydrogens is 367 g/mol. The zero-order chi connectivity index (χ0) is 12.3. The third-order valence-electron chi connectivity index (χ3n) is 2.18. The number of hydrogen-bond donors (Lipinski definition) is 1. The standard InChI is InChI=1S/C12H9Br2ClN2/c13-8-1-3-10(16-6-8)7-17-12-5-9(15)2-4-11(12)14/h1-6,17H,7H2. The van der Waals surface area contributed by atoms with Crippen LogP contribution >= 0.6 is 43.5 Å². The minimum Gasteiger partial charge on any atom is -0.378 e. The van der Waals surface area contributed by atoms with Crippen LogP contribution in [0, 0.1) is 0 Å². The van der Waals surface area contributed by atoms with Crippen LogP contribution in [0.5, 0.6) is 0 Å². The third kappa shape index (κ3) is 3.69. The fourth-order valence-electron chi connectivity index (χ4n) is 1.33. The lowest BCUT2D eigenvalue weighted by Gasteiger charge is -2.08. The van der Waals surface area contributed by atoms with E-state index in [0.717, 1.165) is 20.3 Å². The number of pyridine rings is 1. The van der Waals surface area contributed by atoms with E-state index in [1.54, 1.807) is 6.20 Å².